The maximum Gasteiger partial charge on any atom is 0.135 e. The minimum absolute atomic E-state index is 0.100. The first-order chi connectivity index (χ1) is 23.5. The summed E-state index contributed by atoms with van der Waals surface area (Å²) in [6.45, 7) is 14.3. The third kappa shape index (κ3) is 4.53. The molecule has 242 valence electrons. The smallest absolute Gasteiger partial charge is 0.135 e. The Kier molecular flexibility index (Phi) is 6.41. The summed E-state index contributed by atoms with van der Waals surface area (Å²) in [5, 5.41) is 2.36. The Labute approximate surface area is 290 Å². The molecule has 2 heteroatoms. The van der Waals surface area contributed by atoms with Gasteiger partial charge < -0.3 is 9.32 Å². The van der Waals surface area contributed by atoms with Crippen LogP contribution in [0.3, 0.4) is 0 Å². The molecule has 0 saturated carbocycles. The van der Waals surface area contributed by atoms with E-state index in [-0.39, 0.29) is 16.2 Å². The van der Waals surface area contributed by atoms with Gasteiger partial charge in [0.05, 0.1) is 5.69 Å². The van der Waals surface area contributed by atoms with E-state index in [0.29, 0.717) is 0 Å². The van der Waals surface area contributed by atoms with E-state index in [9.17, 15) is 0 Å². The van der Waals surface area contributed by atoms with Crippen LogP contribution < -0.4 is 4.90 Å². The summed E-state index contributed by atoms with van der Waals surface area (Å²) in [6.07, 6.45) is 2.36. The Hall–Kier alpha value is -5.08. The zero-order chi connectivity index (χ0) is 33.7. The molecule has 9 rings (SSSR count). The number of para-hydroxylation sites is 1. The maximum absolute atomic E-state index is 6.62. The van der Waals surface area contributed by atoms with E-state index >= 15 is 0 Å². The van der Waals surface area contributed by atoms with Crippen molar-refractivity contribution >= 4 is 39.0 Å². The fourth-order valence-electron chi connectivity index (χ4n) is 8.75. The second kappa shape index (κ2) is 10.5. The molecule has 2 aliphatic rings. The molecule has 0 fully saturated rings. The van der Waals surface area contributed by atoms with Crippen molar-refractivity contribution < 1.29 is 4.42 Å². The molecular weight excluding hydrogens is 595 g/mol. The van der Waals surface area contributed by atoms with Crippen LogP contribution in [0.25, 0.3) is 44.2 Å². The molecule has 0 unspecified atom stereocenters. The lowest BCUT2D eigenvalue weighted by atomic mass is 9.63. The van der Waals surface area contributed by atoms with Crippen LogP contribution in [0.4, 0.5) is 17.1 Å². The number of hydrogen-bond acceptors (Lipinski definition) is 2. The monoisotopic (exact) mass is 637 g/mol. The molecule has 0 aliphatic heterocycles. The Morgan fingerprint density at radius 1 is 0.469 bits per heavy atom. The van der Waals surface area contributed by atoms with Crippen LogP contribution in [0, 0.1) is 0 Å². The maximum atomic E-state index is 6.62. The van der Waals surface area contributed by atoms with E-state index in [1.54, 1.807) is 0 Å². The van der Waals surface area contributed by atoms with E-state index in [0.717, 1.165) is 33.6 Å². The molecule has 6 aromatic carbocycles. The number of fused-ring (bicyclic) bond motifs is 7. The van der Waals surface area contributed by atoms with Crippen molar-refractivity contribution in [1.29, 1.82) is 0 Å². The Bertz CT molecular complexity index is 2420. The number of nitrogens with zero attached hydrogens (tertiary/aromatic N) is 1. The largest absolute Gasteiger partial charge is 0.456 e. The van der Waals surface area contributed by atoms with Gasteiger partial charge in [-0.15, -0.1) is 0 Å². The summed E-state index contributed by atoms with van der Waals surface area (Å²) >= 11 is 0. The Balaban J connectivity index is 1.28. The molecular formula is C47H43NO. The minimum Gasteiger partial charge on any atom is -0.456 e. The van der Waals surface area contributed by atoms with Crippen molar-refractivity contribution in [1.82, 2.24) is 0 Å². The molecule has 0 saturated heterocycles. The van der Waals surface area contributed by atoms with Gasteiger partial charge in [0.15, 0.2) is 0 Å². The number of hydrogen-bond donors (Lipinski definition) is 0. The standard InChI is InChI=1S/C47H43NO/c1-45(2)24-25-46(3,4)41-29-44-37(28-40(41)45)36-26-31(21-23-43(36)49-44)48(42-19-13-11-16-33(42)30-14-8-7-9-15-30)32-20-22-35-34-17-10-12-18-38(34)47(5,6)39(35)27-32/h7-23,26-29H,24-25H2,1-6H3. The van der Waals surface area contributed by atoms with Gasteiger partial charge in [-0.05, 0) is 111 Å². The van der Waals surface area contributed by atoms with Crippen LogP contribution in [0.1, 0.15) is 76.6 Å². The highest BCUT2D eigenvalue weighted by atomic mass is 16.3. The summed E-state index contributed by atoms with van der Waals surface area (Å²) in [7, 11) is 0. The van der Waals surface area contributed by atoms with Crippen molar-refractivity contribution in [3.63, 3.8) is 0 Å². The number of benzene rings is 6. The molecule has 0 amide bonds. The second-order valence-corrected chi connectivity index (χ2v) is 16.1. The topological polar surface area (TPSA) is 16.4 Å². The van der Waals surface area contributed by atoms with Crippen LogP contribution in [-0.4, -0.2) is 0 Å². The lowest BCUT2D eigenvalue weighted by Crippen LogP contribution is -2.33. The third-order valence-electron chi connectivity index (χ3n) is 11.7. The summed E-state index contributed by atoms with van der Waals surface area (Å²) in [5.41, 5.74) is 16.2. The van der Waals surface area contributed by atoms with Crippen LogP contribution in [0.15, 0.2) is 132 Å². The third-order valence-corrected chi connectivity index (χ3v) is 11.7. The van der Waals surface area contributed by atoms with E-state index in [1.165, 1.54) is 62.7 Å². The summed E-state index contributed by atoms with van der Waals surface area (Å²) in [5.74, 6) is 0. The number of anilines is 3. The van der Waals surface area contributed by atoms with Crippen molar-refractivity contribution in [3.05, 3.63) is 150 Å². The molecule has 0 bridgehead atoms. The first-order valence-corrected chi connectivity index (χ1v) is 17.7. The first kappa shape index (κ1) is 30.0. The van der Waals surface area contributed by atoms with Gasteiger partial charge >= 0.3 is 0 Å². The quantitative estimate of drug-likeness (QED) is 0.191. The molecule has 0 radical (unpaired) electrons. The fourth-order valence-corrected chi connectivity index (χ4v) is 8.75. The Morgan fingerprint density at radius 2 is 1.06 bits per heavy atom. The molecule has 0 atom stereocenters. The lowest BCUT2D eigenvalue weighted by molar-refractivity contribution is 0.332. The van der Waals surface area contributed by atoms with Crippen LogP contribution in [0.5, 0.6) is 0 Å². The molecule has 49 heavy (non-hydrogen) atoms. The van der Waals surface area contributed by atoms with Crippen molar-refractivity contribution in [2.45, 2.75) is 70.6 Å². The average Bonchev–Trinajstić information content (AvgIpc) is 3.58. The first-order valence-electron chi connectivity index (χ1n) is 17.7. The van der Waals surface area contributed by atoms with Crippen LogP contribution in [0.2, 0.25) is 0 Å². The SMILES string of the molecule is CC1(C)CCC(C)(C)c2cc3c(cc21)oc1ccc(N(c2ccc4c(c2)C(C)(C)c2ccccc2-4)c2ccccc2-c2ccccc2)cc13. The summed E-state index contributed by atoms with van der Waals surface area (Å²) in [4.78, 5) is 2.45. The number of rotatable bonds is 4. The van der Waals surface area contributed by atoms with Crippen molar-refractivity contribution in [2.75, 3.05) is 4.90 Å². The molecule has 1 aromatic heterocycles. The summed E-state index contributed by atoms with van der Waals surface area (Å²) < 4.78 is 6.62. The highest BCUT2D eigenvalue weighted by Gasteiger charge is 2.38. The lowest BCUT2D eigenvalue weighted by Gasteiger charge is -2.41. The van der Waals surface area contributed by atoms with E-state index in [1.807, 2.05) is 0 Å². The van der Waals surface area contributed by atoms with E-state index in [4.69, 9.17) is 4.42 Å². The van der Waals surface area contributed by atoms with Gasteiger partial charge in [-0.1, -0.05) is 120 Å². The van der Waals surface area contributed by atoms with Crippen LogP contribution in [-0.2, 0) is 16.2 Å². The zero-order valence-electron chi connectivity index (χ0n) is 29.4. The molecule has 2 nitrogen and oxygen atoms in total. The van der Waals surface area contributed by atoms with Gasteiger partial charge in [-0.2, -0.15) is 0 Å². The predicted molar refractivity (Wildman–Crippen MR) is 207 cm³/mol. The van der Waals surface area contributed by atoms with Gasteiger partial charge in [0, 0.05) is 33.1 Å². The van der Waals surface area contributed by atoms with Crippen molar-refractivity contribution in [3.8, 4) is 22.3 Å². The summed E-state index contributed by atoms with van der Waals surface area (Å²) in [6, 6.07) is 47.0. The molecule has 2 aliphatic carbocycles. The van der Waals surface area contributed by atoms with Gasteiger partial charge in [0.1, 0.15) is 11.2 Å². The fraction of sp³-hybridized carbons (Fsp3) is 0.234. The van der Waals surface area contributed by atoms with Gasteiger partial charge in [0.25, 0.3) is 0 Å². The second-order valence-electron chi connectivity index (χ2n) is 16.1. The van der Waals surface area contributed by atoms with Gasteiger partial charge in [0.2, 0.25) is 0 Å². The molecule has 0 spiro atoms. The minimum atomic E-state index is -0.100. The molecule has 1 heterocycles. The number of furan rings is 1. The molecule has 0 N–H and O–H groups in total. The van der Waals surface area contributed by atoms with Crippen LogP contribution >= 0.6 is 0 Å². The zero-order valence-corrected chi connectivity index (χ0v) is 29.4. The van der Waals surface area contributed by atoms with Crippen molar-refractivity contribution in [2.24, 2.45) is 0 Å². The van der Waals surface area contributed by atoms with Gasteiger partial charge in [-0.25, -0.2) is 0 Å². The highest BCUT2D eigenvalue weighted by molar-refractivity contribution is 6.07. The predicted octanol–water partition coefficient (Wildman–Crippen LogP) is 13.4. The van der Waals surface area contributed by atoms with E-state index < -0.39 is 0 Å². The Morgan fingerprint density at radius 3 is 1.84 bits per heavy atom. The normalized spacial score (nSPS) is 16.7. The highest BCUT2D eigenvalue weighted by Crippen LogP contribution is 2.52. The molecule has 7 aromatic rings. The average molecular weight is 638 g/mol. The van der Waals surface area contributed by atoms with Gasteiger partial charge in [-0.3, -0.25) is 0 Å². The van der Waals surface area contributed by atoms with E-state index in [2.05, 4.69) is 174 Å².